The van der Waals surface area contributed by atoms with E-state index in [1.165, 1.54) is 6.20 Å². The quantitative estimate of drug-likeness (QED) is 0.888. The van der Waals surface area contributed by atoms with E-state index in [4.69, 9.17) is 4.52 Å². The molecule has 3 rings (SSSR count). The standard InChI is InChI=1S/C15H20N4O4S/c1-4-11-13(9(2)23-18-11)15(20)19-6-5-10(8-19)14-12(7-16-17-14)24(3,21)22/h7,10H,4-6,8H2,1-3H3,(H,16,17)/t10-/m0/s1. The number of likely N-dealkylation sites (tertiary alicyclic amines) is 1. The van der Waals surface area contributed by atoms with Gasteiger partial charge in [-0.15, -0.1) is 0 Å². The molecule has 2 aromatic rings. The van der Waals surface area contributed by atoms with Crippen LogP contribution in [0.3, 0.4) is 0 Å². The topological polar surface area (TPSA) is 109 Å². The van der Waals surface area contributed by atoms with Crippen LogP contribution in [0.5, 0.6) is 0 Å². The Hall–Kier alpha value is -2.16. The summed E-state index contributed by atoms with van der Waals surface area (Å²) >= 11 is 0. The molecule has 0 aliphatic carbocycles. The lowest BCUT2D eigenvalue weighted by Gasteiger charge is -2.16. The van der Waals surface area contributed by atoms with E-state index in [1.807, 2.05) is 6.92 Å². The van der Waals surface area contributed by atoms with Crippen LogP contribution in [0.25, 0.3) is 0 Å². The van der Waals surface area contributed by atoms with Crippen molar-refractivity contribution >= 4 is 15.7 Å². The molecule has 3 heterocycles. The number of amides is 1. The Morgan fingerprint density at radius 1 is 1.50 bits per heavy atom. The third kappa shape index (κ3) is 2.83. The Morgan fingerprint density at radius 3 is 2.92 bits per heavy atom. The van der Waals surface area contributed by atoms with E-state index in [0.29, 0.717) is 48.6 Å². The normalized spacial score (nSPS) is 18.3. The Kier molecular flexibility index (Phi) is 4.20. The summed E-state index contributed by atoms with van der Waals surface area (Å²) in [6.45, 7) is 4.64. The van der Waals surface area contributed by atoms with Gasteiger partial charge in [-0.3, -0.25) is 9.89 Å². The molecule has 2 aromatic heterocycles. The number of H-pyrrole nitrogens is 1. The van der Waals surface area contributed by atoms with E-state index >= 15 is 0 Å². The van der Waals surface area contributed by atoms with Crippen LogP contribution in [0.2, 0.25) is 0 Å². The smallest absolute Gasteiger partial charge is 0.259 e. The Morgan fingerprint density at radius 2 is 2.25 bits per heavy atom. The maximum absolute atomic E-state index is 12.8. The summed E-state index contributed by atoms with van der Waals surface area (Å²) in [6, 6.07) is 0. The minimum Gasteiger partial charge on any atom is -0.361 e. The zero-order chi connectivity index (χ0) is 17.5. The number of carbonyl (C=O) groups is 1. The molecular weight excluding hydrogens is 332 g/mol. The molecule has 0 saturated carbocycles. The van der Waals surface area contributed by atoms with Crippen molar-refractivity contribution in [2.45, 2.75) is 37.5 Å². The van der Waals surface area contributed by atoms with Crippen LogP contribution in [0.4, 0.5) is 0 Å². The lowest BCUT2D eigenvalue weighted by Crippen LogP contribution is -2.29. The van der Waals surface area contributed by atoms with Gasteiger partial charge in [0, 0.05) is 25.3 Å². The molecule has 1 saturated heterocycles. The molecule has 8 nitrogen and oxygen atoms in total. The number of nitrogens with one attached hydrogen (secondary N) is 1. The highest BCUT2D eigenvalue weighted by atomic mass is 32.2. The molecule has 0 radical (unpaired) electrons. The Balaban J connectivity index is 1.82. The summed E-state index contributed by atoms with van der Waals surface area (Å²) in [7, 11) is -3.35. The first-order valence-corrected chi connectivity index (χ1v) is 9.69. The van der Waals surface area contributed by atoms with Gasteiger partial charge < -0.3 is 9.42 Å². The minimum absolute atomic E-state index is 0.0774. The number of rotatable bonds is 4. The van der Waals surface area contributed by atoms with Crippen LogP contribution in [-0.2, 0) is 16.3 Å². The van der Waals surface area contributed by atoms with Gasteiger partial charge in [0.1, 0.15) is 16.2 Å². The van der Waals surface area contributed by atoms with Crippen LogP contribution in [0.15, 0.2) is 15.6 Å². The van der Waals surface area contributed by atoms with E-state index in [1.54, 1.807) is 11.8 Å². The molecule has 1 fully saturated rings. The van der Waals surface area contributed by atoms with Gasteiger partial charge in [0.15, 0.2) is 9.84 Å². The van der Waals surface area contributed by atoms with Gasteiger partial charge in [-0.05, 0) is 19.8 Å². The van der Waals surface area contributed by atoms with Gasteiger partial charge in [-0.2, -0.15) is 5.10 Å². The lowest BCUT2D eigenvalue weighted by atomic mass is 10.1. The Labute approximate surface area is 140 Å². The summed E-state index contributed by atoms with van der Waals surface area (Å²) in [4.78, 5) is 14.7. The van der Waals surface area contributed by atoms with Crippen LogP contribution < -0.4 is 0 Å². The van der Waals surface area contributed by atoms with E-state index in [2.05, 4.69) is 15.4 Å². The third-order valence-electron chi connectivity index (χ3n) is 4.40. The number of aryl methyl sites for hydroxylation is 2. The molecule has 0 spiro atoms. The molecule has 1 N–H and O–H groups in total. The van der Waals surface area contributed by atoms with Crippen molar-refractivity contribution in [3.05, 3.63) is 28.9 Å². The molecule has 1 aliphatic heterocycles. The van der Waals surface area contributed by atoms with Crippen molar-refractivity contribution in [3.63, 3.8) is 0 Å². The first kappa shape index (κ1) is 16.7. The molecule has 1 amide bonds. The number of aromatic nitrogens is 3. The van der Waals surface area contributed by atoms with Crippen molar-refractivity contribution in [2.75, 3.05) is 19.3 Å². The Bertz CT molecular complexity index is 868. The number of sulfone groups is 1. The molecule has 0 unspecified atom stereocenters. The molecule has 24 heavy (non-hydrogen) atoms. The first-order valence-electron chi connectivity index (χ1n) is 7.80. The maximum atomic E-state index is 12.8. The minimum atomic E-state index is -3.35. The van der Waals surface area contributed by atoms with Gasteiger partial charge in [-0.25, -0.2) is 8.42 Å². The number of hydrogen-bond donors (Lipinski definition) is 1. The van der Waals surface area contributed by atoms with E-state index in [9.17, 15) is 13.2 Å². The summed E-state index contributed by atoms with van der Waals surface area (Å²) in [5.41, 5.74) is 1.75. The van der Waals surface area contributed by atoms with Gasteiger partial charge in [0.25, 0.3) is 5.91 Å². The average molecular weight is 352 g/mol. The van der Waals surface area contributed by atoms with Crippen molar-refractivity contribution in [1.82, 2.24) is 20.3 Å². The summed E-state index contributed by atoms with van der Waals surface area (Å²) in [5, 5.41) is 10.6. The number of carbonyl (C=O) groups excluding carboxylic acids is 1. The first-order chi connectivity index (χ1) is 11.3. The third-order valence-corrected chi connectivity index (χ3v) is 5.52. The fraction of sp³-hybridized carbons (Fsp3) is 0.533. The number of nitrogens with zero attached hydrogens (tertiary/aromatic N) is 3. The molecular formula is C15H20N4O4S. The average Bonchev–Trinajstić information content (AvgIpc) is 3.24. The fourth-order valence-corrected chi connectivity index (χ4v) is 4.00. The monoisotopic (exact) mass is 352 g/mol. The second-order valence-electron chi connectivity index (χ2n) is 6.07. The second kappa shape index (κ2) is 6.04. The predicted octanol–water partition coefficient (Wildman–Crippen LogP) is 1.30. The molecule has 130 valence electrons. The van der Waals surface area contributed by atoms with Crippen molar-refractivity contribution in [3.8, 4) is 0 Å². The van der Waals surface area contributed by atoms with Gasteiger partial charge in [0.05, 0.1) is 17.6 Å². The van der Waals surface area contributed by atoms with Crippen LogP contribution in [0.1, 0.15) is 46.8 Å². The molecule has 9 heteroatoms. The van der Waals surface area contributed by atoms with Crippen molar-refractivity contribution in [1.29, 1.82) is 0 Å². The highest BCUT2D eigenvalue weighted by Gasteiger charge is 2.34. The molecule has 1 aliphatic rings. The zero-order valence-electron chi connectivity index (χ0n) is 13.9. The number of aromatic amines is 1. The molecule has 0 aromatic carbocycles. The van der Waals surface area contributed by atoms with E-state index in [0.717, 1.165) is 6.26 Å². The lowest BCUT2D eigenvalue weighted by molar-refractivity contribution is 0.0788. The van der Waals surface area contributed by atoms with Gasteiger partial charge in [-0.1, -0.05) is 12.1 Å². The van der Waals surface area contributed by atoms with E-state index in [-0.39, 0.29) is 16.7 Å². The van der Waals surface area contributed by atoms with Gasteiger partial charge in [0.2, 0.25) is 0 Å². The maximum Gasteiger partial charge on any atom is 0.259 e. The largest absolute Gasteiger partial charge is 0.361 e. The summed E-state index contributed by atoms with van der Waals surface area (Å²) in [5.74, 6) is 0.318. The summed E-state index contributed by atoms with van der Waals surface area (Å²) in [6.07, 6.45) is 3.79. The van der Waals surface area contributed by atoms with Crippen molar-refractivity contribution in [2.24, 2.45) is 0 Å². The fourth-order valence-electron chi connectivity index (χ4n) is 3.14. The summed E-state index contributed by atoms with van der Waals surface area (Å²) < 4.78 is 28.8. The zero-order valence-corrected chi connectivity index (χ0v) is 14.7. The SMILES string of the molecule is CCc1noc(C)c1C(=O)N1CC[C@H](c2[nH]ncc2S(C)(=O)=O)C1. The van der Waals surface area contributed by atoms with Crippen molar-refractivity contribution < 1.29 is 17.7 Å². The van der Waals surface area contributed by atoms with E-state index < -0.39 is 9.84 Å². The molecule has 0 bridgehead atoms. The van der Waals surface area contributed by atoms with Gasteiger partial charge >= 0.3 is 0 Å². The predicted molar refractivity (Wildman–Crippen MR) is 85.6 cm³/mol. The van der Waals surface area contributed by atoms with Crippen LogP contribution in [-0.4, -0.2) is 53.9 Å². The van der Waals surface area contributed by atoms with Crippen LogP contribution in [0, 0.1) is 6.92 Å². The number of hydrogen-bond acceptors (Lipinski definition) is 6. The molecule has 1 atom stereocenters. The highest BCUT2D eigenvalue weighted by Crippen LogP contribution is 2.31. The van der Waals surface area contributed by atoms with Crippen LogP contribution >= 0.6 is 0 Å². The second-order valence-corrected chi connectivity index (χ2v) is 8.06. The highest BCUT2D eigenvalue weighted by molar-refractivity contribution is 7.90.